The van der Waals surface area contributed by atoms with Crippen molar-refractivity contribution in [1.82, 2.24) is 15.0 Å². The van der Waals surface area contributed by atoms with Crippen molar-refractivity contribution < 1.29 is 22.5 Å². The molecule has 2 aromatic heterocycles. The van der Waals surface area contributed by atoms with Gasteiger partial charge in [0.25, 0.3) is 11.6 Å². The zero-order chi connectivity index (χ0) is 23.8. The molecule has 3 N–H and O–H groups in total. The number of amides is 2. The number of rotatable bonds is 5. The van der Waals surface area contributed by atoms with E-state index in [0.29, 0.717) is 42.9 Å². The van der Waals surface area contributed by atoms with E-state index in [2.05, 4.69) is 15.5 Å². The number of fused-ring (bicyclic) bond motifs is 1. The van der Waals surface area contributed by atoms with Crippen molar-refractivity contribution >= 4 is 38.6 Å². The van der Waals surface area contributed by atoms with Crippen LogP contribution in [-0.4, -0.2) is 48.4 Å². The number of nitrogens with two attached hydrogens (primary N) is 1. The number of sulfonamides is 1. The molecule has 1 aromatic carbocycles. The number of nitrogens with zero attached hydrogens (tertiary/aromatic N) is 3. The molecule has 1 fully saturated rings. The standard InChI is InChI=1S/C22H25N5O5S/c1-13(2)19-18-11-15(12-24-21(18)32-26-19)22(29)27-9-7-14(8-10-27)20(28)25-16-3-5-17(6-4-16)33(23,30)31/h3-6,11-14H,7-10H2,1-2H3,(H,25,28)(H2,23,30,31). The van der Waals surface area contributed by atoms with Gasteiger partial charge in [0, 0.05) is 30.9 Å². The van der Waals surface area contributed by atoms with Gasteiger partial charge in [0.15, 0.2) is 0 Å². The fourth-order valence-corrected chi connectivity index (χ4v) is 4.40. The summed E-state index contributed by atoms with van der Waals surface area (Å²) in [5, 5.41) is 12.7. The van der Waals surface area contributed by atoms with Gasteiger partial charge >= 0.3 is 0 Å². The molecule has 174 valence electrons. The van der Waals surface area contributed by atoms with Crippen molar-refractivity contribution in [2.24, 2.45) is 11.1 Å². The highest BCUT2D eigenvalue weighted by Crippen LogP contribution is 2.26. The number of primary sulfonamides is 1. The van der Waals surface area contributed by atoms with Crippen LogP contribution in [0.5, 0.6) is 0 Å². The van der Waals surface area contributed by atoms with Crippen LogP contribution in [0.1, 0.15) is 48.7 Å². The van der Waals surface area contributed by atoms with E-state index in [9.17, 15) is 18.0 Å². The van der Waals surface area contributed by atoms with Gasteiger partial charge < -0.3 is 14.7 Å². The molecule has 10 nitrogen and oxygen atoms in total. The molecule has 1 aliphatic rings. The second-order valence-corrected chi connectivity index (χ2v) is 9.99. The molecule has 2 amide bonds. The summed E-state index contributed by atoms with van der Waals surface area (Å²) in [6.45, 7) is 4.88. The van der Waals surface area contributed by atoms with Crippen LogP contribution in [0, 0.1) is 5.92 Å². The van der Waals surface area contributed by atoms with Crippen molar-refractivity contribution in [2.75, 3.05) is 18.4 Å². The van der Waals surface area contributed by atoms with E-state index < -0.39 is 10.0 Å². The third-order valence-electron chi connectivity index (χ3n) is 5.75. The molecule has 0 aliphatic carbocycles. The third-order valence-corrected chi connectivity index (χ3v) is 6.68. The smallest absolute Gasteiger partial charge is 0.257 e. The number of carbonyl (C=O) groups is 2. The minimum atomic E-state index is -3.78. The van der Waals surface area contributed by atoms with Crippen molar-refractivity contribution in [3.63, 3.8) is 0 Å². The SMILES string of the molecule is CC(C)c1noc2ncc(C(=O)N3CCC(C(=O)Nc4ccc(S(N)(=O)=O)cc4)CC3)cc12. The highest BCUT2D eigenvalue weighted by molar-refractivity contribution is 7.89. The van der Waals surface area contributed by atoms with Gasteiger partial charge in [-0.3, -0.25) is 9.59 Å². The number of hydrogen-bond donors (Lipinski definition) is 2. The maximum atomic E-state index is 13.0. The number of piperidine rings is 1. The number of anilines is 1. The van der Waals surface area contributed by atoms with Crippen LogP contribution in [0.15, 0.2) is 45.9 Å². The topological polar surface area (TPSA) is 148 Å². The lowest BCUT2D eigenvalue weighted by Gasteiger charge is -2.31. The average molecular weight is 472 g/mol. The molecule has 3 aromatic rings. The Morgan fingerprint density at radius 1 is 1.18 bits per heavy atom. The van der Waals surface area contributed by atoms with E-state index in [0.717, 1.165) is 11.1 Å². The van der Waals surface area contributed by atoms with Gasteiger partial charge in [-0.1, -0.05) is 19.0 Å². The molecule has 33 heavy (non-hydrogen) atoms. The Morgan fingerprint density at radius 2 is 1.85 bits per heavy atom. The second kappa shape index (κ2) is 8.91. The fraction of sp³-hybridized carbons (Fsp3) is 0.364. The normalized spacial score (nSPS) is 15.2. The van der Waals surface area contributed by atoms with Crippen LogP contribution in [-0.2, 0) is 14.8 Å². The summed E-state index contributed by atoms with van der Waals surface area (Å²) in [4.78, 5) is 31.6. The second-order valence-electron chi connectivity index (χ2n) is 8.42. The van der Waals surface area contributed by atoms with Gasteiger partial charge in [0.2, 0.25) is 15.9 Å². The Labute approximate surface area is 191 Å². The Balaban J connectivity index is 1.37. The summed E-state index contributed by atoms with van der Waals surface area (Å²) in [5.74, 6) is -0.418. The molecule has 0 bridgehead atoms. The Bertz CT molecular complexity index is 1290. The molecule has 1 aliphatic heterocycles. The largest absolute Gasteiger partial charge is 0.339 e. The third kappa shape index (κ3) is 4.88. The first-order valence-electron chi connectivity index (χ1n) is 10.6. The van der Waals surface area contributed by atoms with E-state index in [-0.39, 0.29) is 28.5 Å². The molecule has 0 radical (unpaired) electrons. The number of likely N-dealkylation sites (tertiary alicyclic amines) is 1. The van der Waals surface area contributed by atoms with Gasteiger partial charge in [-0.05, 0) is 49.1 Å². The van der Waals surface area contributed by atoms with Crippen LogP contribution in [0.3, 0.4) is 0 Å². The van der Waals surface area contributed by atoms with Crippen LogP contribution < -0.4 is 10.5 Å². The summed E-state index contributed by atoms with van der Waals surface area (Å²) in [7, 11) is -3.78. The average Bonchev–Trinajstić information content (AvgIpc) is 3.22. The van der Waals surface area contributed by atoms with Crippen molar-refractivity contribution in [3.05, 3.63) is 47.8 Å². The molecule has 4 rings (SSSR count). The molecule has 1 saturated heterocycles. The number of carbonyl (C=O) groups excluding carboxylic acids is 2. The number of nitrogens with one attached hydrogen (secondary N) is 1. The molecule has 11 heteroatoms. The van der Waals surface area contributed by atoms with E-state index >= 15 is 0 Å². The van der Waals surface area contributed by atoms with Crippen LogP contribution in [0.25, 0.3) is 11.1 Å². The molecule has 0 unspecified atom stereocenters. The molecular weight excluding hydrogens is 446 g/mol. The van der Waals surface area contributed by atoms with Crippen LogP contribution in [0.4, 0.5) is 5.69 Å². The molecule has 0 atom stereocenters. The van der Waals surface area contributed by atoms with Gasteiger partial charge in [-0.2, -0.15) is 0 Å². The van der Waals surface area contributed by atoms with Crippen molar-refractivity contribution in [2.45, 2.75) is 37.5 Å². The lowest BCUT2D eigenvalue weighted by Crippen LogP contribution is -2.41. The van der Waals surface area contributed by atoms with Crippen LogP contribution in [0.2, 0.25) is 0 Å². The Morgan fingerprint density at radius 3 is 2.45 bits per heavy atom. The predicted molar refractivity (Wildman–Crippen MR) is 121 cm³/mol. The summed E-state index contributed by atoms with van der Waals surface area (Å²) >= 11 is 0. The van der Waals surface area contributed by atoms with E-state index in [4.69, 9.17) is 9.66 Å². The summed E-state index contributed by atoms with van der Waals surface area (Å²) < 4.78 is 27.9. The number of pyridine rings is 1. The lowest BCUT2D eigenvalue weighted by molar-refractivity contribution is -0.121. The molecule has 3 heterocycles. The Hall–Kier alpha value is -3.31. The maximum absolute atomic E-state index is 13.0. The monoisotopic (exact) mass is 471 g/mol. The van der Waals surface area contributed by atoms with E-state index in [1.165, 1.54) is 30.5 Å². The zero-order valence-electron chi connectivity index (χ0n) is 18.3. The minimum absolute atomic E-state index is 0.0216. The van der Waals surface area contributed by atoms with Gasteiger partial charge in [0.1, 0.15) is 0 Å². The van der Waals surface area contributed by atoms with Crippen molar-refractivity contribution in [1.29, 1.82) is 0 Å². The number of aromatic nitrogens is 2. The number of benzene rings is 1. The van der Waals surface area contributed by atoms with Gasteiger partial charge in [-0.25, -0.2) is 18.5 Å². The number of hydrogen-bond acceptors (Lipinski definition) is 7. The minimum Gasteiger partial charge on any atom is -0.339 e. The fourth-order valence-electron chi connectivity index (χ4n) is 3.88. The maximum Gasteiger partial charge on any atom is 0.257 e. The quantitative estimate of drug-likeness (QED) is 0.580. The van der Waals surface area contributed by atoms with E-state index in [1.54, 1.807) is 11.0 Å². The van der Waals surface area contributed by atoms with Gasteiger partial charge in [0.05, 0.1) is 21.5 Å². The first kappa shape index (κ1) is 22.9. The Kier molecular flexibility index (Phi) is 6.17. The van der Waals surface area contributed by atoms with Gasteiger partial charge in [-0.15, -0.1) is 0 Å². The summed E-state index contributed by atoms with van der Waals surface area (Å²) in [6.07, 6.45) is 2.53. The lowest BCUT2D eigenvalue weighted by atomic mass is 9.95. The summed E-state index contributed by atoms with van der Waals surface area (Å²) in [5.41, 5.74) is 2.12. The molecule has 0 saturated carbocycles. The first-order valence-corrected chi connectivity index (χ1v) is 12.2. The molecular formula is C22H25N5O5S. The summed E-state index contributed by atoms with van der Waals surface area (Å²) in [6, 6.07) is 7.44. The highest BCUT2D eigenvalue weighted by Gasteiger charge is 2.28. The highest BCUT2D eigenvalue weighted by atomic mass is 32.2. The van der Waals surface area contributed by atoms with E-state index in [1.807, 2.05) is 13.8 Å². The first-order chi connectivity index (χ1) is 15.6. The molecule has 0 spiro atoms. The zero-order valence-corrected chi connectivity index (χ0v) is 19.1. The van der Waals surface area contributed by atoms with Crippen LogP contribution >= 0.6 is 0 Å². The predicted octanol–water partition coefficient (Wildman–Crippen LogP) is 2.48. The van der Waals surface area contributed by atoms with Crippen molar-refractivity contribution in [3.8, 4) is 0 Å².